The van der Waals surface area contributed by atoms with Gasteiger partial charge in [-0.25, -0.2) is 0 Å². The van der Waals surface area contributed by atoms with Gasteiger partial charge in [0.2, 0.25) is 0 Å². The first-order valence-corrected chi connectivity index (χ1v) is 6.05. The molecule has 0 aromatic carbocycles. The lowest BCUT2D eigenvalue weighted by Crippen LogP contribution is -1.99. The van der Waals surface area contributed by atoms with E-state index in [1.165, 1.54) is 16.4 Å². The van der Waals surface area contributed by atoms with E-state index in [1.807, 2.05) is 11.4 Å². The zero-order chi connectivity index (χ0) is 9.80. The highest BCUT2D eigenvalue weighted by Crippen LogP contribution is 2.19. The molecule has 1 atom stereocenters. The molecule has 2 rings (SSSR count). The van der Waals surface area contributed by atoms with Crippen molar-refractivity contribution >= 4 is 22.9 Å². The smallest absolute Gasteiger partial charge is 0.104 e. The Morgan fingerprint density at radius 2 is 2.43 bits per heavy atom. The molecule has 0 aliphatic carbocycles. The minimum Gasteiger partial charge on any atom is -0.387 e. The predicted octanol–water partition coefficient (Wildman–Crippen LogP) is 2.27. The first-order valence-electron chi connectivity index (χ1n) is 4.33. The lowest BCUT2D eigenvalue weighted by Gasteiger charge is -2.04. The molecule has 0 amide bonds. The van der Waals surface area contributed by atoms with Crippen molar-refractivity contribution in [2.45, 2.75) is 18.9 Å². The van der Waals surface area contributed by atoms with E-state index in [4.69, 9.17) is 0 Å². The summed E-state index contributed by atoms with van der Waals surface area (Å²) in [4.78, 5) is 1.30. The first-order chi connectivity index (χ1) is 6.86. The first kappa shape index (κ1) is 9.76. The SMILES string of the molecule is OC(CCc1cccs1)c1csnn1. The Bertz CT molecular complexity index is 358. The van der Waals surface area contributed by atoms with E-state index < -0.39 is 6.10 Å². The van der Waals surface area contributed by atoms with E-state index in [0.29, 0.717) is 12.1 Å². The van der Waals surface area contributed by atoms with Crippen molar-refractivity contribution in [2.24, 2.45) is 0 Å². The molecular formula is C9H10N2OS2. The lowest BCUT2D eigenvalue weighted by molar-refractivity contribution is 0.163. The van der Waals surface area contributed by atoms with Gasteiger partial charge in [0.05, 0.1) is 6.10 Å². The molecule has 0 aliphatic rings. The number of rotatable bonds is 4. The Labute approximate surface area is 90.2 Å². The van der Waals surface area contributed by atoms with Crippen LogP contribution in [0.4, 0.5) is 0 Å². The number of hydrogen-bond donors (Lipinski definition) is 1. The van der Waals surface area contributed by atoms with Crippen molar-refractivity contribution in [3.8, 4) is 0 Å². The molecule has 0 spiro atoms. The third-order valence-corrected chi connectivity index (χ3v) is 3.42. The van der Waals surface area contributed by atoms with Crippen LogP contribution in [0.15, 0.2) is 22.9 Å². The number of hydrogen-bond acceptors (Lipinski definition) is 5. The normalized spacial score (nSPS) is 12.9. The fraction of sp³-hybridized carbons (Fsp3) is 0.333. The van der Waals surface area contributed by atoms with Gasteiger partial charge < -0.3 is 5.11 Å². The van der Waals surface area contributed by atoms with E-state index in [0.717, 1.165) is 6.42 Å². The fourth-order valence-corrected chi connectivity index (χ4v) is 2.42. The van der Waals surface area contributed by atoms with Gasteiger partial charge in [0.1, 0.15) is 5.69 Å². The minimum atomic E-state index is -0.476. The van der Waals surface area contributed by atoms with Gasteiger partial charge in [-0.1, -0.05) is 10.6 Å². The van der Waals surface area contributed by atoms with Gasteiger partial charge in [-0.3, -0.25) is 0 Å². The Balaban J connectivity index is 1.87. The second-order valence-corrected chi connectivity index (χ2v) is 4.61. The molecule has 0 saturated carbocycles. The number of nitrogens with zero attached hydrogens (tertiary/aromatic N) is 2. The topological polar surface area (TPSA) is 46.0 Å². The van der Waals surface area contributed by atoms with Crippen LogP contribution in [0.25, 0.3) is 0 Å². The van der Waals surface area contributed by atoms with Crippen LogP contribution in [0.1, 0.15) is 23.1 Å². The van der Waals surface area contributed by atoms with Gasteiger partial charge in [0.15, 0.2) is 0 Å². The summed E-state index contributed by atoms with van der Waals surface area (Å²) in [6.07, 6.45) is 1.14. The van der Waals surface area contributed by atoms with Gasteiger partial charge in [-0.2, -0.15) is 0 Å². The molecule has 0 saturated heterocycles. The number of aromatic nitrogens is 2. The van der Waals surface area contributed by atoms with E-state index >= 15 is 0 Å². The molecule has 1 unspecified atom stereocenters. The van der Waals surface area contributed by atoms with Crippen molar-refractivity contribution in [3.05, 3.63) is 33.5 Å². The van der Waals surface area contributed by atoms with Crippen LogP contribution in [0.2, 0.25) is 0 Å². The average Bonchev–Trinajstić information content (AvgIpc) is 2.87. The van der Waals surface area contributed by atoms with E-state index in [1.54, 1.807) is 16.7 Å². The highest BCUT2D eigenvalue weighted by atomic mass is 32.1. The maximum Gasteiger partial charge on any atom is 0.104 e. The Morgan fingerprint density at radius 1 is 1.50 bits per heavy atom. The molecule has 74 valence electrons. The van der Waals surface area contributed by atoms with Gasteiger partial charge in [-0.05, 0) is 35.8 Å². The summed E-state index contributed by atoms with van der Waals surface area (Å²) in [5.74, 6) is 0. The monoisotopic (exact) mass is 226 g/mol. The van der Waals surface area contributed by atoms with Crippen LogP contribution in [0.3, 0.4) is 0 Å². The maximum atomic E-state index is 9.72. The van der Waals surface area contributed by atoms with Crippen molar-refractivity contribution < 1.29 is 5.11 Å². The molecule has 0 aliphatic heterocycles. The van der Waals surface area contributed by atoms with Crippen LogP contribution in [0.5, 0.6) is 0 Å². The van der Waals surface area contributed by atoms with Gasteiger partial charge >= 0.3 is 0 Å². The lowest BCUT2D eigenvalue weighted by atomic mass is 10.1. The van der Waals surface area contributed by atoms with Crippen LogP contribution in [-0.2, 0) is 6.42 Å². The summed E-state index contributed by atoms with van der Waals surface area (Å²) < 4.78 is 3.72. The molecule has 1 N–H and O–H groups in total. The summed E-state index contributed by atoms with van der Waals surface area (Å²) in [6, 6.07) is 4.10. The quantitative estimate of drug-likeness (QED) is 0.870. The Hall–Kier alpha value is -0.780. The molecule has 3 nitrogen and oxygen atoms in total. The standard InChI is InChI=1S/C9H10N2OS2/c12-9(8-6-14-11-10-8)4-3-7-2-1-5-13-7/h1-2,5-6,9,12H,3-4H2. The number of aliphatic hydroxyl groups excluding tert-OH is 1. The van der Waals surface area contributed by atoms with Gasteiger partial charge in [-0.15, -0.1) is 16.4 Å². The molecule has 0 radical (unpaired) electrons. The summed E-state index contributed by atoms with van der Waals surface area (Å²) in [5.41, 5.74) is 0.687. The fourth-order valence-electron chi connectivity index (χ4n) is 1.20. The van der Waals surface area contributed by atoms with Crippen molar-refractivity contribution in [1.29, 1.82) is 0 Å². The maximum absolute atomic E-state index is 9.72. The molecule has 0 fully saturated rings. The van der Waals surface area contributed by atoms with E-state index in [2.05, 4.69) is 15.7 Å². The van der Waals surface area contributed by atoms with E-state index in [9.17, 15) is 5.11 Å². The third kappa shape index (κ3) is 2.37. The van der Waals surface area contributed by atoms with Gasteiger partial charge in [0.25, 0.3) is 0 Å². The molecule has 2 aromatic heterocycles. The second-order valence-electron chi connectivity index (χ2n) is 2.96. The van der Waals surface area contributed by atoms with Crippen LogP contribution in [-0.4, -0.2) is 14.7 Å². The van der Waals surface area contributed by atoms with Crippen LogP contribution in [0, 0.1) is 0 Å². The van der Waals surface area contributed by atoms with Gasteiger partial charge in [0, 0.05) is 10.3 Å². The van der Waals surface area contributed by atoms with Crippen molar-refractivity contribution in [3.63, 3.8) is 0 Å². The number of thiophene rings is 1. The average molecular weight is 226 g/mol. The second kappa shape index (κ2) is 4.63. The molecular weight excluding hydrogens is 216 g/mol. The predicted molar refractivity (Wildman–Crippen MR) is 57.5 cm³/mol. The largest absolute Gasteiger partial charge is 0.387 e. The van der Waals surface area contributed by atoms with Crippen molar-refractivity contribution in [2.75, 3.05) is 0 Å². The van der Waals surface area contributed by atoms with E-state index in [-0.39, 0.29) is 0 Å². The minimum absolute atomic E-state index is 0.476. The highest BCUT2D eigenvalue weighted by molar-refractivity contribution is 7.09. The summed E-state index contributed by atoms with van der Waals surface area (Å²) in [6.45, 7) is 0. The van der Waals surface area contributed by atoms with Crippen molar-refractivity contribution in [1.82, 2.24) is 9.59 Å². The summed E-state index contributed by atoms with van der Waals surface area (Å²) in [5, 5.41) is 17.4. The highest BCUT2D eigenvalue weighted by Gasteiger charge is 2.10. The summed E-state index contributed by atoms with van der Waals surface area (Å²) >= 11 is 2.99. The summed E-state index contributed by atoms with van der Waals surface area (Å²) in [7, 11) is 0. The van der Waals surface area contributed by atoms with Crippen LogP contribution < -0.4 is 0 Å². The molecule has 2 aromatic rings. The zero-order valence-electron chi connectivity index (χ0n) is 7.46. The zero-order valence-corrected chi connectivity index (χ0v) is 9.09. The Kier molecular flexibility index (Phi) is 3.23. The van der Waals surface area contributed by atoms with Crippen LogP contribution >= 0.6 is 22.9 Å². The number of aliphatic hydroxyl groups is 1. The molecule has 0 bridgehead atoms. The molecule has 2 heterocycles. The molecule has 5 heteroatoms. The number of aryl methyl sites for hydroxylation is 1. The third-order valence-electron chi connectivity index (χ3n) is 1.96. The Morgan fingerprint density at radius 3 is 3.07 bits per heavy atom. The molecule has 14 heavy (non-hydrogen) atoms.